The van der Waals surface area contributed by atoms with E-state index in [0.29, 0.717) is 0 Å². The highest BCUT2D eigenvalue weighted by molar-refractivity contribution is 5.51. The second-order valence-corrected chi connectivity index (χ2v) is 5.93. The van der Waals surface area contributed by atoms with Crippen LogP contribution in [0.4, 0.5) is 5.69 Å². The lowest BCUT2D eigenvalue weighted by molar-refractivity contribution is 0.135. The van der Waals surface area contributed by atoms with Crippen molar-refractivity contribution in [2.75, 3.05) is 18.0 Å². The highest BCUT2D eigenvalue weighted by atomic mass is 16.3. The molecule has 0 aromatic heterocycles. The molecule has 2 aromatic rings. The summed E-state index contributed by atoms with van der Waals surface area (Å²) in [6, 6.07) is 17.9. The van der Waals surface area contributed by atoms with Crippen LogP contribution in [0, 0.1) is 0 Å². The van der Waals surface area contributed by atoms with Gasteiger partial charge in [0, 0.05) is 18.8 Å². The summed E-state index contributed by atoms with van der Waals surface area (Å²) in [5.41, 5.74) is 1.80. The largest absolute Gasteiger partial charge is 0.377 e. The number of rotatable bonds is 4. The van der Waals surface area contributed by atoms with Gasteiger partial charge in [0.2, 0.25) is 0 Å². The molecule has 22 heavy (non-hydrogen) atoms. The minimum absolute atomic E-state index is 0.843. The number of piperidine rings is 1. The van der Waals surface area contributed by atoms with Gasteiger partial charge in [-0.2, -0.15) is 0 Å². The van der Waals surface area contributed by atoms with Crippen LogP contribution in [0.25, 0.3) is 0 Å². The molecule has 1 fully saturated rings. The molecule has 0 radical (unpaired) electrons. The highest BCUT2D eigenvalue weighted by Crippen LogP contribution is 2.32. The number of hydrogen-bond acceptors (Lipinski definition) is 2. The van der Waals surface area contributed by atoms with E-state index in [4.69, 9.17) is 0 Å². The number of benzene rings is 2. The molecule has 1 heterocycles. The molecule has 114 valence electrons. The van der Waals surface area contributed by atoms with E-state index in [1.165, 1.54) is 24.9 Å². The molecule has 2 nitrogen and oxygen atoms in total. The quantitative estimate of drug-likeness (QED) is 0.858. The van der Waals surface area contributed by atoms with Crippen LogP contribution in [-0.2, 0) is 5.60 Å². The first kappa shape index (κ1) is 14.9. The zero-order valence-corrected chi connectivity index (χ0v) is 12.9. The van der Waals surface area contributed by atoms with E-state index in [0.717, 1.165) is 24.2 Å². The average Bonchev–Trinajstić information content (AvgIpc) is 2.63. The fourth-order valence-corrected chi connectivity index (χ4v) is 3.17. The van der Waals surface area contributed by atoms with Gasteiger partial charge in [-0.1, -0.05) is 55.1 Å². The van der Waals surface area contributed by atoms with Crippen molar-refractivity contribution in [3.05, 3.63) is 78.4 Å². The fourth-order valence-electron chi connectivity index (χ4n) is 3.17. The Kier molecular flexibility index (Phi) is 4.30. The molecular weight excluding hydrogens is 270 g/mol. The first-order valence-corrected chi connectivity index (χ1v) is 8.01. The van der Waals surface area contributed by atoms with Crippen molar-refractivity contribution >= 4 is 5.69 Å². The lowest BCUT2D eigenvalue weighted by Gasteiger charge is -2.30. The summed E-state index contributed by atoms with van der Waals surface area (Å²) in [4.78, 5) is 2.42. The van der Waals surface area contributed by atoms with E-state index in [-0.39, 0.29) is 0 Å². The van der Waals surface area contributed by atoms with Crippen LogP contribution in [0.15, 0.2) is 67.3 Å². The van der Waals surface area contributed by atoms with E-state index < -0.39 is 5.60 Å². The third-order valence-electron chi connectivity index (χ3n) is 4.54. The molecule has 3 rings (SSSR count). The van der Waals surface area contributed by atoms with E-state index in [9.17, 15) is 5.11 Å². The van der Waals surface area contributed by atoms with Crippen LogP contribution in [0.5, 0.6) is 0 Å². The van der Waals surface area contributed by atoms with Crippen molar-refractivity contribution in [2.45, 2.75) is 24.9 Å². The molecule has 1 saturated heterocycles. The molecule has 1 atom stereocenters. The molecule has 1 aliphatic heterocycles. The predicted octanol–water partition coefficient (Wildman–Crippen LogP) is 4.10. The van der Waals surface area contributed by atoms with Gasteiger partial charge in [-0.25, -0.2) is 0 Å². The normalized spacial score (nSPS) is 17.8. The van der Waals surface area contributed by atoms with Crippen LogP contribution >= 0.6 is 0 Å². The lowest BCUT2D eigenvalue weighted by Crippen LogP contribution is -2.29. The summed E-state index contributed by atoms with van der Waals surface area (Å²) in [5, 5.41) is 11.0. The monoisotopic (exact) mass is 293 g/mol. The molecule has 1 N–H and O–H groups in total. The van der Waals surface area contributed by atoms with Gasteiger partial charge >= 0.3 is 0 Å². The third-order valence-corrected chi connectivity index (χ3v) is 4.54. The Balaban J connectivity index is 1.89. The molecule has 0 spiro atoms. The van der Waals surface area contributed by atoms with E-state index in [1.54, 1.807) is 6.08 Å². The molecule has 0 saturated carbocycles. The highest BCUT2D eigenvalue weighted by Gasteiger charge is 2.27. The number of hydrogen-bond donors (Lipinski definition) is 1. The van der Waals surface area contributed by atoms with Gasteiger partial charge in [-0.05, 0) is 42.5 Å². The molecule has 1 aliphatic rings. The van der Waals surface area contributed by atoms with Gasteiger partial charge in [0.15, 0.2) is 0 Å². The van der Waals surface area contributed by atoms with Crippen LogP contribution < -0.4 is 4.90 Å². The summed E-state index contributed by atoms with van der Waals surface area (Å²) in [7, 11) is 0. The first-order valence-electron chi connectivity index (χ1n) is 8.01. The fraction of sp³-hybridized carbons (Fsp3) is 0.300. The SMILES string of the molecule is C=CC(O)(c1ccccc1)c1ccc(N2CCCCC2)cc1. The smallest absolute Gasteiger partial charge is 0.133 e. The molecule has 0 aliphatic carbocycles. The summed E-state index contributed by atoms with van der Waals surface area (Å²) < 4.78 is 0. The van der Waals surface area contributed by atoms with Crippen molar-refractivity contribution in [2.24, 2.45) is 0 Å². The molecule has 2 aromatic carbocycles. The van der Waals surface area contributed by atoms with E-state index in [2.05, 4.69) is 23.6 Å². The number of nitrogens with zero attached hydrogens (tertiary/aromatic N) is 1. The predicted molar refractivity (Wildman–Crippen MR) is 92.1 cm³/mol. The Morgan fingerprint density at radius 1 is 0.864 bits per heavy atom. The molecule has 1 unspecified atom stereocenters. The Labute approximate surface area is 132 Å². The Morgan fingerprint density at radius 2 is 1.45 bits per heavy atom. The Hall–Kier alpha value is -2.06. The summed E-state index contributed by atoms with van der Waals surface area (Å²) in [6.45, 7) is 6.09. The summed E-state index contributed by atoms with van der Waals surface area (Å²) >= 11 is 0. The van der Waals surface area contributed by atoms with Crippen molar-refractivity contribution in [3.8, 4) is 0 Å². The molecule has 0 amide bonds. The zero-order valence-electron chi connectivity index (χ0n) is 12.9. The standard InChI is InChI=1S/C20H23NO/c1-2-20(22,17-9-5-3-6-10-17)18-11-13-19(14-12-18)21-15-7-4-8-16-21/h2-3,5-6,9-14,22H,1,4,7-8,15-16H2. The Bertz CT molecular complexity index is 614. The summed E-state index contributed by atoms with van der Waals surface area (Å²) in [6.07, 6.45) is 5.47. The van der Waals surface area contributed by atoms with Crippen molar-refractivity contribution in [1.82, 2.24) is 0 Å². The lowest BCUT2D eigenvalue weighted by atomic mass is 9.86. The van der Waals surface area contributed by atoms with Gasteiger partial charge in [0.05, 0.1) is 0 Å². The van der Waals surface area contributed by atoms with Crippen molar-refractivity contribution in [3.63, 3.8) is 0 Å². The van der Waals surface area contributed by atoms with Gasteiger partial charge < -0.3 is 10.0 Å². The van der Waals surface area contributed by atoms with Crippen molar-refractivity contribution < 1.29 is 5.11 Å². The third kappa shape index (κ3) is 2.79. The molecule has 2 heteroatoms. The van der Waals surface area contributed by atoms with Crippen LogP contribution in [0.3, 0.4) is 0 Å². The van der Waals surface area contributed by atoms with Crippen LogP contribution in [0.2, 0.25) is 0 Å². The maximum atomic E-state index is 11.0. The second-order valence-electron chi connectivity index (χ2n) is 5.93. The van der Waals surface area contributed by atoms with Gasteiger partial charge in [0.25, 0.3) is 0 Å². The van der Waals surface area contributed by atoms with Crippen molar-refractivity contribution in [1.29, 1.82) is 0 Å². The van der Waals surface area contributed by atoms with Crippen LogP contribution in [-0.4, -0.2) is 18.2 Å². The number of anilines is 1. The Morgan fingerprint density at radius 3 is 2.05 bits per heavy atom. The van der Waals surface area contributed by atoms with Crippen LogP contribution in [0.1, 0.15) is 30.4 Å². The van der Waals surface area contributed by atoms with Gasteiger partial charge in [-0.3, -0.25) is 0 Å². The zero-order chi connectivity index (χ0) is 15.4. The number of aliphatic hydroxyl groups is 1. The minimum atomic E-state index is -1.14. The average molecular weight is 293 g/mol. The first-order chi connectivity index (χ1) is 10.7. The van der Waals surface area contributed by atoms with Gasteiger partial charge in [-0.15, -0.1) is 0 Å². The minimum Gasteiger partial charge on any atom is -0.377 e. The van der Waals surface area contributed by atoms with Gasteiger partial charge in [0.1, 0.15) is 5.60 Å². The maximum Gasteiger partial charge on any atom is 0.133 e. The van der Waals surface area contributed by atoms with E-state index >= 15 is 0 Å². The second kappa shape index (κ2) is 6.37. The maximum absolute atomic E-state index is 11.0. The summed E-state index contributed by atoms with van der Waals surface area (Å²) in [5.74, 6) is 0. The molecular formula is C20H23NO. The molecule has 0 bridgehead atoms. The topological polar surface area (TPSA) is 23.5 Å². The van der Waals surface area contributed by atoms with E-state index in [1.807, 2.05) is 42.5 Å².